The lowest BCUT2D eigenvalue weighted by atomic mass is 9.91. The molecule has 0 aliphatic rings. The summed E-state index contributed by atoms with van der Waals surface area (Å²) in [6.45, 7) is 6.28. The van der Waals surface area contributed by atoms with E-state index < -0.39 is 6.23 Å². The minimum Gasteiger partial charge on any atom is -0.374 e. The number of H-pyrrole nitrogens is 2. The van der Waals surface area contributed by atoms with Gasteiger partial charge >= 0.3 is 0 Å². The van der Waals surface area contributed by atoms with Gasteiger partial charge in [-0.25, -0.2) is 9.97 Å². The summed E-state index contributed by atoms with van der Waals surface area (Å²) in [5.74, 6) is 0.618. The Morgan fingerprint density at radius 3 is 2.53 bits per heavy atom. The molecular formula is C28H27N9O. The summed E-state index contributed by atoms with van der Waals surface area (Å²) >= 11 is 0. The molecule has 0 bridgehead atoms. The number of aliphatic hydroxyl groups is 1. The summed E-state index contributed by atoms with van der Waals surface area (Å²) in [7, 11) is 0. The SMILES string of the molecule is CC(C)(C)CC(O)Nc1cncc(-c2cnc3[nH]nc(-c4nc5c(-c6ccncc6)cncc5[nH]4)c3c2)c1. The van der Waals surface area contributed by atoms with Crippen LogP contribution in [0.1, 0.15) is 27.2 Å². The fraction of sp³-hybridized carbons (Fsp3) is 0.214. The van der Waals surface area contributed by atoms with Crippen LogP contribution >= 0.6 is 0 Å². The maximum absolute atomic E-state index is 10.4. The minimum atomic E-state index is -0.673. The molecule has 0 saturated carbocycles. The molecule has 38 heavy (non-hydrogen) atoms. The molecule has 4 N–H and O–H groups in total. The van der Waals surface area contributed by atoms with E-state index in [1.165, 1.54) is 0 Å². The first kappa shape index (κ1) is 23.7. The van der Waals surface area contributed by atoms with Gasteiger partial charge in [-0.15, -0.1) is 0 Å². The van der Waals surface area contributed by atoms with Crippen LogP contribution in [-0.4, -0.2) is 51.4 Å². The number of imidazole rings is 1. The molecule has 1 atom stereocenters. The highest BCUT2D eigenvalue weighted by Crippen LogP contribution is 2.32. The third-order valence-electron chi connectivity index (χ3n) is 6.24. The fourth-order valence-electron chi connectivity index (χ4n) is 4.53. The Balaban J connectivity index is 1.36. The van der Waals surface area contributed by atoms with Crippen molar-refractivity contribution >= 4 is 27.8 Å². The number of aromatic nitrogens is 8. The Hall–Kier alpha value is -4.70. The molecule has 0 aliphatic carbocycles. The number of hydrogen-bond donors (Lipinski definition) is 4. The summed E-state index contributed by atoms with van der Waals surface area (Å²) in [5.41, 5.74) is 7.30. The van der Waals surface area contributed by atoms with Gasteiger partial charge in [0.1, 0.15) is 11.9 Å². The lowest BCUT2D eigenvalue weighted by Crippen LogP contribution is -2.25. The highest BCUT2D eigenvalue weighted by Gasteiger charge is 2.18. The van der Waals surface area contributed by atoms with Crippen LogP contribution in [0.3, 0.4) is 0 Å². The number of aromatic amines is 2. The first-order chi connectivity index (χ1) is 18.3. The molecule has 10 heteroatoms. The largest absolute Gasteiger partial charge is 0.374 e. The molecule has 0 spiro atoms. The van der Waals surface area contributed by atoms with Crippen molar-refractivity contribution in [3.05, 3.63) is 67.6 Å². The van der Waals surface area contributed by atoms with Crippen LogP contribution in [0, 0.1) is 5.41 Å². The molecule has 6 heterocycles. The van der Waals surface area contributed by atoms with Crippen molar-refractivity contribution in [1.82, 2.24) is 40.1 Å². The van der Waals surface area contributed by atoms with Crippen LogP contribution in [-0.2, 0) is 0 Å². The zero-order chi connectivity index (χ0) is 26.3. The topological polar surface area (TPSA) is 141 Å². The van der Waals surface area contributed by atoms with Crippen LogP contribution in [0.25, 0.3) is 55.8 Å². The van der Waals surface area contributed by atoms with Crippen molar-refractivity contribution < 1.29 is 5.11 Å². The number of anilines is 1. The second kappa shape index (κ2) is 9.31. The monoisotopic (exact) mass is 505 g/mol. The van der Waals surface area contributed by atoms with Gasteiger partial charge in [0, 0.05) is 47.7 Å². The molecule has 0 fully saturated rings. The second-order valence-corrected chi connectivity index (χ2v) is 10.5. The molecule has 0 radical (unpaired) electrons. The average Bonchev–Trinajstić information content (AvgIpc) is 3.51. The number of fused-ring (bicyclic) bond motifs is 2. The number of rotatable bonds is 6. The maximum atomic E-state index is 10.4. The number of nitrogens with zero attached hydrogens (tertiary/aromatic N) is 6. The Labute approximate surface area is 218 Å². The third-order valence-corrected chi connectivity index (χ3v) is 6.24. The number of nitrogens with one attached hydrogen (secondary N) is 3. The van der Waals surface area contributed by atoms with Gasteiger partial charge < -0.3 is 15.4 Å². The summed E-state index contributed by atoms with van der Waals surface area (Å²) in [6, 6.07) is 7.84. The molecular weight excluding hydrogens is 478 g/mol. The van der Waals surface area contributed by atoms with Gasteiger partial charge in [0.15, 0.2) is 11.5 Å². The summed E-state index contributed by atoms with van der Waals surface area (Å²) in [5, 5.41) is 21.9. The lowest BCUT2D eigenvalue weighted by Gasteiger charge is -2.23. The van der Waals surface area contributed by atoms with Gasteiger partial charge in [-0.1, -0.05) is 20.8 Å². The highest BCUT2D eigenvalue weighted by molar-refractivity contribution is 5.96. The molecule has 0 aliphatic heterocycles. The normalized spacial score (nSPS) is 12.7. The first-order valence-electron chi connectivity index (χ1n) is 12.3. The number of pyridine rings is 4. The van der Waals surface area contributed by atoms with Crippen molar-refractivity contribution in [3.8, 4) is 33.8 Å². The molecule has 0 aromatic carbocycles. The quantitative estimate of drug-likeness (QED) is 0.227. The van der Waals surface area contributed by atoms with E-state index in [-0.39, 0.29) is 5.41 Å². The van der Waals surface area contributed by atoms with Crippen LogP contribution in [0.5, 0.6) is 0 Å². The van der Waals surface area contributed by atoms with Crippen LogP contribution in [0.4, 0.5) is 5.69 Å². The van der Waals surface area contributed by atoms with Gasteiger partial charge in [0.05, 0.1) is 34.5 Å². The summed E-state index contributed by atoms with van der Waals surface area (Å²) in [4.78, 5) is 25.7. The Kier molecular flexibility index (Phi) is 5.80. The summed E-state index contributed by atoms with van der Waals surface area (Å²) < 4.78 is 0. The van der Waals surface area contributed by atoms with Gasteiger partial charge in [0.25, 0.3) is 0 Å². The Bertz CT molecular complexity index is 1730. The van der Waals surface area contributed by atoms with Crippen LogP contribution in [0.2, 0.25) is 0 Å². The molecule has 0 saturated heterocycles. The zero-order valence-electron chi connectivity index (χ0n) is 21.3. The van der Waals surface area contributed by atoms with Crippen molar-refractivity contribution in [2.24, 2.45) is 5.41 Å². The highest BCUT2D eigenvalue weighted by atomic mass is 16.3. The molecule has 0 amide bonds. The molecule has 1 unspecified atom stereocenters. The first-order valence-corrected chi connectivity index (χ1v) is 12.3. The van der Waals surface area contributed by atoms with Gasteiger partial charge in [-0.05, 0) is 41.7 Å². The Morgan fingerprint density at radius 2 is 1.71 bits per heavy atom. The lowest BCUT2D eigenvalue weighted by molar-refractivity contribution is 0.145. The van der Waals surface area contributed by atoms with E-state index in [0.717, 1.165) is 44.4 Å². The predicted molar refractivity (Wildman–Crippen MR) is 147 cm³/mol. The van der Waals surface area contributed by atoms with Gasteiger partial charge in [0.2, 0.25) is 0 Å². The third kappa shape index (κ3) is 4.69. The van der Waals surface area contributed by atoms with E-state index in [4.69, 9.17) is 4.98 Å². The number of aliphatic hydroxyl groups excluding tert-OH is 1. The van der Waals surface area contributed by atoms with E-state index in [1.807, 2.05) is 24.3 Å². The van der Waals surface area contributed by atoms with Crippen LogP contribution in [0.15, 0.2) is 67.6 Å². The second-order valence-electron chi connectivity index (χ2n) is 10.5. The smallest absolute Gasteiger partial charge is 0.159 e. The maximum Gasteiger partial charge on any atom is 0.159 e. The molecule has 190 valence electrons. The van der Waals surface area contributed by atoms with E-state index in [2.05, 4.69) is 61.2 Å². The summed E-state index contributed by atoms with van der Waals surface area (Å²) in [6.07, 6.45) is 12.3. The fourth-order valence-corrected chi connectivity index (χ4v) is 4.53. The number of hydrogen-bond acceptors (Lipinski definition) is 8. The van der Waals surface area contributed by atoms with Gasteiger partial charge in [-0.2, -0.15) is 5.10 Å². The van der Waals surface area contributed by atoms with Crippen LogP contribution < -0.4 is 5.32 Å². The average molecular weight is 506 g/mol. The van der Waals surface area contributed by atoms with Gasteiger partial charge in [-0.3, -0.25) is 20.1 Å². The van der Waals surface area contributed by atoms with E-state index in [1.54, 1.807) is 43.4 Å². The standard InChI is InChI=1S/C28H27N9O/c1-28(2,3)10-23(38)33-19-8-17(11-30-13-19)18-9-20-25(36-37-26(20)32-12-18)27-34-22-15-31-14-21(24(22)35-27)16-4-6-29-7-5-16/h4-9,11-15,23,33,38H,10H2,1-3H3,(H,34,35)(H,32,36,37). The molecule has 6 aromatic rings. The Morgan fingerprint density at radius 1 is 0.921 bits per heavy atom. The van der Waals surface area contributed by atoms with Crippen molar-refractivity contribution in [1.29, 1.82) is 0 Å². The molecule has 10 nitrogen and oxygen atoms in total. The van der Waals surface area contributed by atoms with Crippen molar-refractivity contribution in [2.45, 2.75) is 33.4 Å². The van der Waals surface area contributed by atoms with E-state index >= 15 is 0 Å². The van der Waals surface area contributed by atoms with E-state index in [9.17, 15) is 5.11 Å². The molecule has 6 aromatic heterocycles. The predicted octanol–water partition coefficient (Wildman–Crippen LogP) is 5.19. The molecule has 6 rings (SSSR count). The minimum absolute atomic E-state index is 0.00409. The van der Waals surface area contributed by atoms with E-state index in [0.29, 0.717) is 23.6 Å². The van der Waals surface area contributed by atoms with Crippen molar-refractivity contribution in [3.63, 3.8) is 0 Å². The zero-order valence-corrected chi connectivity index (χ0v) is 21.3. The van der Waals surface area contributed by atoms with Crippen molar-refractivity contribution in [2.75, 3.05) is 5.32 Å².